The predicted molar refractivity (Wildman–Crippen MR) is 106 cm³/mol. The van der Waals surface area contributed by atoms with Gasteiger partial charge in [0.05, 0.1) is 22.6 Å². The molecule has 0 aliphatic heterocycles. The molecule has 0 spiro atoms. The Hall–Kier alpha value is -3.79. The molecule has 8 nitrogen and oxygen atoms in total. The number of amides is 3. The van der Waals surface area contributed by atoms with E-state index in [4.69, 9.17) is 17.3 Å². The normalized spacial score (nSPS) is 10.5. The molecule has 30 heavy (non-hydrogen) atoms. The molecular formula is C19H14ClF2N5O3. The van der Waals surface area contributed by atoms with E-state index in [0.29, 0.717) is 0 Å². The van der Waals surface area contributed by atoms with Crippen LogP contribution in [-0.2, 0) is 0 Å². The highest BCUT2D eigenvalue weighted by atomic mass is 35.5. The summed E-state index contributed by atoms with van der Waals surface area (Å²) in [5, 5.41) is 2.21. The number of nitrogens with zero attached hydrogens (tertiary/aromatic N) is 2. The van der Waals surface area contributed by atoms with Gasteiger partial charge in [0.25, 0.3) is 17.7 Å². The SMILES string of the molecule is CN(C(=O)c1[nH]cnc1C(N)=O)c1ccc(NC(=O)c2ccc(F)cc2Cl)c(F)c1. The van der Waals surface area contributed by atoms with Crippen LogP contribution in [0.3, 0.4) is 0 Å². The van der Waals surface area contributed by atoms with E-state index in [1.54, 1.807) is 0 Å². The second-order valence-corrected chi connectivity index (χ2v) is 6.50. The number of aromatic amines is 1. The van der Waals surface area contributed by atoms with Crippen molar-refractivity contribution < 1.29 is 23.2 Å². The number of benzene rings is 2. The first-order valence-electron chi connectivity index (χ1n) is 8.36. The van der Waals surface area contributed by atoms with Crippen molar-refractivity contribution in [2.45, 2.75) is 0 Å². The Morgan fingerprint density at radius 2 is 1.90 bits per heavy atom. The van der Waals surface area contributed by atoms with Crippen molar-refractivity contribution in [1.82, 2.24) is 9.97 Å². The highest BCUT2D eigenvalue weighted by molar-refractivity contribution is 6.34. The lowest BCUT2D eigenvalue weighted by atomic mass is 10.2. The van der Waals surface area contributed by atoms with Crippen LogP contribution in [0.5, 0.6) is 0 Å². The molecule has 2 aromatic carbocycles. The van der Waals surface area contributed by atoms with Crippen molar-refractivity contribution in [3.05, 3.63) is 76.3 Å². The predicted octanol–water partition coefficient (Wildman–Crippen LogP) is 2.97. The van der Waals surface area contributed by atoms with Gasteiger partial charge in [0.15, 0.2) is 5.69 Å². The van der Waals surface area contributed by atoms with Crippen LogP contribution in [0.1, 0.15) is 31.3 Å². The highest BCUT2D eigenvalue weighted by Crippen LogP contribution is 2.24. The number of carbonyl (C=O) groups is 3. The highest BCUT2D eigenvalue weighted by Gasteiger charge is 2.23. The van der Waals surface area contributed by atoms with Crippen LogP contribution < -0.4 is 16.0 Å². The van der Waals surface area contributed by atoms with Gasteiger partial charge in [-0.2, -0.15) is 0 Å². The van der Waals surface area contributed by atoms with E-state index < -0.39 is 29.4 Å². The van der Waals surface area contributed by atoms with Crippen molar-refractivity contribution in [1.29, 1.82) is 0 Å². The Bertz CT molecular complexity index is 1160. The lowest BCUT2D eigenvalue weighted by Gasteiger charge is -2.18. The average molecular weight is 434 g/mol. The summed E-state index contributed by atoms with van der Waals surface area (Å²) in [6.07, 6.45) is 1.14. The maximum Gasteiger partial charge on any atom is 0.276 e. The third kappa shape index (κ3) is 4.13. The molecule has 1 heterocycles. The average Bonchev–Trinajstić information content (AvgIpc) is 3.18. The molecule has 0 saturated carbocycles. The fourth-order valence-electron chi connectivity index (χ4n) is 2.61. The number of imidazole rings is 1. The number of hydrogen-bond acceptors (Lipinski definition) is 4. The molecule has 3 aromatic rings. The van der Waals surface area contributed by atoms with Gasteiger partial charge in [0, 0.05) is 12.7 Å². The van der Waals surface area contributed by atoms with Gasteiger partial charge in [0.2, 0.25) is 0 Å². The topological polar surface area (TPSA) is 121 Å². The zero-order chi connectivity index (χ0) is 22.0. The van der Waals surface area contributed by atoms with Crippen LogP contribution in [0.2, 0.25) is 5.02 Å². The summed E-state index contributed by atoms with van der Waals surface area (Å²) < 4.78 is 27.6. The molecule has 4 N–H and O–H groups in total. The lowest BCUT2D eigenvalue weighted by molar-refractivity contribution is 0.0958. The number of aromatic nitrogens is 2. The van der Waals surface area contributed by atoms with Gasteiger partial charge >= 0.3 is 0 Å². The Kier molecular flexibility index (Phi) is 5.79. The first-order valence-corrected chi connectivity index (χ1v) is 8.74. The van der Waals surface area contributed by atoms with Gasteiger partial charge in [-0.3, -0.25) is 14.4 Å². The standard InChI is InChI=1S/C19H14ClF2N5O3/c1-27(19(30)16-15(17(23)28)24-8-25-16)10-3-5-14(13(22)7-10)26-18(29)11-4-2-9(21)6-12(11)20/h2-8H,1H3,(H2,23,28)(H,24,25)(H,26,29). The summed E-state index contributed by atoms with van der Waals surface area (Å²) in [6, 6.07) is 6.82. The lowest BCUT2D eigenvalue weighted by Crippen LogP contribution is -2.29. The molecule has 3 amide bonds. The first kappa shape index (κ1) is 20.9. The molecule has 0 bridgehead atoms. The molecule has 0 aliphatic carbocycles. The molecule has 0 saturated heterocycles. The third-order valence-corrected chi connectivity index (χ3v) is 4.47. The van der Waals surface area contributed by atoms with Crippen molar-refractivity contribution >= 4 is 40.7 Å². The maximum absolute atomic E-state index is 14.5. The molecule has 0 unspecified atom stereocenters. The summed E-state index contributed by atoms with van der Waals surface area (Å²) in [5.74, 6) is -3.75. The van der Waals surface area contributed by atoms with E-state index >= 15 is 0 Å². The Balaban J connectivity index is 1.80. The van der Waals surface area contributed by atoms with Gasteiger partial charge < -0.3 is 20.9 Å². The maximum atomic E-state index is 14.5. The van der Waals surface area contributed by atoms with E-state index in [2.05, 4.69) is 15.3 Å². The largest absolute Gasteiger partial charge is 0.364 e. The fraction of sp³-hybridized carbons (Fsp3) is 0.0526. The number of halogens is 3. The van der Waals surface area contributed by atoms with Gasteiger partial charge in [-0.1, -0.05) is 11.6 Å². The minimum atomic E-state index is -0.892. The number of anilines is 2. The van der Waals surface area contributed by atoms with E-state index in [-0.39, 0.29) is 33.3 Å². The molecule has 154 valence electrons. The molecule has 11 heteroatoms. The number of rotatable bonds is 5. The van der Waals surface area contributed by atoms with Gasteiger partial charge in [-0.05, 0) is 36.4 Å². The van der Waals surface area contributed by atoms with Gasteiger partial charge in [-0.15, -0.1) is 0 Å². The quantitative estimate of drug-likeness (QED) is 0.572. The minimum absolute atomic E-state index is 0.0351. The van der Waals surface area contributed by atoms with Crippen LogP contribution >= 0.6 is 11.6 Å². The third-order valence-electron chi connectivity index (χ3n) is 4.16. The van der Waals surface area contributed by atoms with Crippen LogP contribution in [0.15, 0.2) is 42.7 Å². The van der Waals surface area contributed by atoms with Crippen molar-refractivity contribution in [3.63, 3.8) is 0 Å². The summed E-state index contributed by atoms with van der Waals surface area (Å²) in [7, 11) is 1.36. The number of primary amides is 1. The van der Waals surface area contributed by atoms with E-state index in [0.717, 1.165) is 29.4 Å². The van der Waals surface area contributed by atoms with Gasteiger partial charge in [-0.25, -0.2) is 13.8 Å². The molecule has 1 aromatic heterocycles. The van der Waals surface area contributed by atoms with Crippen molar-refractivity contribution in [2.24, 2.45) is 5.73 Å². The zero-order valence-electron chi connectivity index (χ0n) is 15.4. The first-order chi connectivity index (χ1) is 14.2. The summed E-state index contributed by atoms with van der Waals surface area (Å²) in [4.78, 5) is 43.5. The fourth-order valence-corrected chi connectivity index (χ4v) is 2.86. The summed E-state index contributed by atoms with van der Waals surface area (Å²) in [6.45, 7) is 0. The number of carbonyl (C=O) groups excluding carboxylic acids is 3. The van der Waals surface area contributed by atoms with Crippen LogP contribution in [0, 0.1) is 11.6 Å². The summed E-state index contributed by atoms with van der Waals surface area (Å²) in [5.41, 5.74) is 4.71. The smallest absolute Gasteiger partial charge is 0.276 e. The van der Waals surface area contributed by atoms with E-state index in [9.17, 15) is 23.2 Å². The monoisotopic (exact) mass is 433 g/mol. The van der Waals surface area contributed by atoms with Crippen LogP contribution in [-0.4, -0.2) is 34.7 Å². The van der Waals surface area contributed by atoms with Crippen molar-refractivity contribution in [2.75, 3.05) is 17.3 Å². The summed E-state index contributed by atoms with van der Waals surface area (Å²) >= 11 is 5.84. The Labute approximate surface area is 173 Å². The Morgan fingerprint density at radius 1 is 1.17 bits per heavy atom. The van der Waals surface area contributed by atoms with Crippen molar-refractivity contribution in [3.8, 4) is 0 Å². The molecule has 0 fully saturated rings. The number of H-pyrrole nitrogens is 1. The molecular weight excluding hydrogens is 420 g/mol. The van der Waals surface area contributed by atoms with E-state index in [1.165, 1.54) is 25.2 Å². The minimum Gasteiger partial charge on any atom is -0.364 e. The van der Waals surface area contributed by atoms with Crippen LogP contribution in [0.25, 0.3) is 0 Å². The molecule has 0 radical (unpaired) electrons. The zero-order valence-corrected chi connectivity index (χ0v) is 16.1. The number of nitrogens with two attached hydrogens (primary N) is 1. The van der Waals surface area contributed by atoms with E-state index in [1.807, 2.05) is 0 Å². The molecule has 0 atom stereocenters. The second kappa shape index (κ2) is 8.29. The number of hydrogen-bond donors (Lipinski definition) is 3. The number of nitrogens with one attached hydrogen (secondary N) is 2. The molecule has 0 aliphatic rings. The Morgan fingerprint density at radius 3 is 2.53 bits per heavy atom. The van der Waals surface area contributed by atoms with Crippen LogP contribution in [0.4, 0.5) is 20.2 Å². The van der Waals surface area contributed by atoms with Gasteiger partial charge in [0.1, 0.15) is 17.3 Å². The second-order valence-electron chi connectivity index (χ2n) is 6.10. The molecule has 3 rings (SSSR count).